The van der Waals surface area contributed by atoms with Crippen molar-refractivity contribution in [3.63, 3.8) is 0 Å². The van der Waals surface area contributed by atoms with Crippen LogP contribution in [0.15, 0.2) is 12.2 Å². The molecule has 0 saturated carbocycles. The van der Waals surface area contributed by atoms with Crippen molar-refractivity contribution in [1.29, 1.82) is 0 Å². The van der Waals surface area contributed by atoms with Crippen molar-refractivity contribution in [1.82, 2.24) is 5.32 Å². The Morgan fingerprint density at radius 3 is 2.31 bits per heavy atom. The highest BCUT2D eigenvalue weighted by atomic mass is 35.5. The van der Waals surface area contributed by atoms with Crippen LogP contribution in [0, 0.1) is 0 Å². The Morgan fingerprint density at radius 2 is 1.92 bits per heavy atom. The van der Waals surface area contributed by atoms with Gasteiger partial charge in [-0.1, -0.05) is 6.08 Å². The Balaban J connectivity index is 0. The first kappa shape index (κ1) is 15.0. The van der Waals surface area contributed by atoms with Crippen LogP contribution < -0.4 is 17.7 Å². The number of carbonyl (C=O) groups excluding carboxylic acids is 1. The zero-order valence-corrected chi connectivity index (χ0v) is 9.56. The summed E-state index contributed by atoms with van der Waals surface area (Å²) in [5.74, 6) is -0.00838. The summed E-state index contributed by atoms with van der Waals surface area (Å²) in [7, 11) is 6.30. The average molecular weight is 207 g/mol. The Hall–Kier alpha value is -0.540. The minimum Gasteiger partial charge on any atom is -1.00 e. The van der Waals surface area contributed by atoms with E-state index in [1.807, 2.05) is 6.92 Å². The van der Waals surface area contributed by atoms with Gasteiger partial charge in [0, 0.05) is 0 Å². The smallest absolute Gasteiger partial charge is 0.243 e. The third kappa shape index (κ3) is 11.5. The van der Waals surface area contributed by atoms with Gasteiger partial charge in [0.15, 0.2) is 0 Å². The lowest BCUT2D eigenvalue weighted by Crippen LogP contribution is -3.00. The Kier molecular flexibility index (Phi) is 7.96. The minimum atomic E-state index is -0.00838. The van der Waals surface area contributed by atoms with E-state index in [-0.39, 0.29) is 18.3 Å². The zero-order valence-electron chi connectivity index (χ0n) is 8.80. The van der Waals surface area contributed by atoms with Gasteiger partial charge in [0.05, 0.1) is 34.2 Å². The molecule has 3 nitrogen and oxygen atoms in total. The first-order chi connectivity index (χ1) is 5.45. The monoisotopic (exact) mass is 206 g/mol. The maximum Gasteiger partial charge on any atom is 0.243 e. The van der Waals surface area contributed by atoms with E-state index < -0.39 is 0 Å². The summed E-state index contributed by atoms with van der Waals surface area (Å²) in [6.07, 6.45) is 3.27. The highest BCUT2D eigenvalue weighted by molar-refractivity contribution is 5.87. The van der Waals surface area contributed by atoms with Gasteiger partial charge in [-0.15, -0.1) is 0 Å². The summed E-state index contributed by atoms with van der Waals surface area (Å²) in [6, 6.07) is 0. The minimum absolute atomic E-state index is 0. The van der Waals surface area contributed by atoms with Crippen molar-refractivity contribution in [3.05, 3.63) is 12.2 Å². The zero-order chi connectivity index (χ0) is 9.61. The molecule has 1 amide bonds. The van der Waals surface area contributed by atoms with E-state index in [9.17, 15) is 4.79 Å². The second-order valence-corrected chi connectivity index (χ2v) is 3.80. The molecule has 4 heteroatoms. The van der Waals surface area contributed by atoms with Gasteiger partial charge in [0.1, 0.15) is 0 Å². The molecule has 0 aromatic carbocycles. The van der Waals surface area contributed by atoms with Gasteiger partial charge in [-0.25, -0.2) is 0 Å². The van der Waals surface area contributed by atoms with E-state index in [0.717, 1.165) is 17.6 Å². The number of hydrogen-bond donors (Lipinski definition) is 1. The van der Waals surface area contributed by atoms with Gasteiger partial charge in [0.25, 0.3) is 0 Å². The molecule has 0 spiro atoms. The molecule has 13 heavy (non-hydrogen) atoms. The van der Waals surface area contributed by atoms with Gasteiger partial charge in [-0.3, -0.25) is 4.79 Å². The second-order valence-electron chi connectivity index (χ2n) is 3.80. The molecule has 0 aromatic heterocycles. The van der Waals surface area contributed by atoms with Crippen LogP contribution in [0.5, 0.6) is 0 Å². The molecule has 0 atom stereocenters. The normalized spacial score (nSPS) is 11.1. The van der Waals surface area contributed by atoms with E-state index in [1.165, 1.54) is 6.08 Å². The molecule has 0 aliphatic carbocycles. The standard InChI is InChI=1S/C9H18N2O.ClH/c1-5-6-9(12)10-7-8-11(2,3)4;/h5-6H,7-8H2,1-4H3;1H. The largest absolute Gasteiger partial charge is 1.00 e. The van der Waals surface area contributed by atoms with Crippen molar-refractivity contribution >= 4 is 5.91 Å². The number of rotatable bonds is 4. The third-order valence-electron chi connectivity index (χ3n) is 1.40. The average Bonchev–Trinajstić information content (AvgIpc) is 1.84. The van der Waals surface area contributed by atoms with Crippen molar-refractivity contribution in [2.24, 2.45) is 0 Å². The number of amides is 1. The fraction of sp³-hybridized carbons (Fsp3) is 0.667. The Bertz CT molecular complexity index is 173. The van der Waals surface area contributed by atoms with E-state index in [2.05, 4.69) is 26.5 Å². The van der Waals surface area contributed by atoms with Crippen molar-refractivity contribution in [3.8, 4) is 0 Å². The molecule has 0 unspecified atom stereocenters. The molecule has 78 valence electrons. The van der Waals surface area contributed by atoms with Crippen molar-refractivity contribution in [2.45, 2.75) is 6.92 Å². The fourth-order valence-electron chi connectivity index (χ4n) is 0.725. The number of nitrogens with one attached hydrogen (secondary N) is 1. The van der Waals surface area contributed by atoms with Gasteiger partial charge in [-0.05, 0) is 13.0 Å². The number of allylic oxidation sites excluding steroid dienone is 1. The highest BCUT2D eigenvalue weighted by Crippen LogP contribution is 1.86. The molecule has 1 N–H and O–H groups in total. The fourth-order valence-corrected chi connectivity index (χ4v) is 0.725. The van der Waals surface area contributed by atoms with Crippen LogP contribution in [0.2, 0.25) is 0 Å². The molecule has 0 fully saturated rings. The first-order valence-electron chi connectivity index (χ1n) is 4.16. The summed E-state index contributed by atoms with van der Waals surface area (Å²) in [6.45, 7) is 3.51. The SMILES string of the molecule is CC=CC(=O)NCC[N+](C)(C)C.[Cl-]. The lowest BCUT2D eigenvalue weighted by molar-refractivity contribution is -0.869. The number of quaternary nitrogens is 1. The van der Waals surface area contributed by atoms with E-state index in [0.29, 0.717) is 0 Å². The van der Waals surface area contributed by atoms with Crippen LogP contribution in [-0.4, -0.2) is 44.6 Å². The quantitative estimate of drug-likeness (QED) is 0.397. The first-order valence-corrected chi connectivity index (χ1v) is 4.16. The summed E-state index contributed by atoms with van der Waals surface area (Å²) >= 11 is 0. The molecule has 0 bridgehead atoms. The second kappa shape index (κ2) is 6.92. The van der Waals surface area contributed by atoms with E-state index in [4.69, 9.17) is 0 Å². The molecule has 0 saturated heterocycles. The van der Waals surface area contributed by atoms with Gasteiger partial charge in [0.2, 0.25) is 5.91 Å². The van der Waals surface area contributed by atoms with E-state index in [1.54, 1.807) is 6.08 Å². The van der Waals surface area contributed by atoms with Crippen LogP contribution in [0.3, 0.4) is 0 Å². The molecule has 0 aromatic rings. The molecule has 0 aliphatic heterocycles. The van der Waals surface area contributed by atoms with Gasteiger partial charge in [-0.2, -0.15) is 0 Å². The number of halogens is 1. The van der Waals surface area contributed by atoms with Crippen LogP contribution in [0.1, 0.15) is 6.92 Å². The lowest BCUT2D eigenvalue weighted by Gasteiger charge is -2.23. The summed E-state index contributed by atoms with van der Waals surface area (Å²) in [4.78, 5) is 10.9. The predicted molar refractivity (Wildman–Crippen MR) is 50.7 cm³/mol. The van der Waals surface area contributed by atoms with Gasteiger partial charge < -0.3 is 22.2 Å². The Morgan fingerprint density at radius 1 is 1.38 bits per heavy atom. The molecular weight excluding hydrogens is 188 g/mol. The number of nitrogens with zero attached hydrogens (tertiary/aromatic N) is 1. The molecule has 0 radical (unpaired) electrons. The third-order valence-corrected chi connectivity index (χ3v) is 1.40. The maximum absolute atomic E-state index is 10.9. The molecular formula is C9H19ClN2O. The molecule has 0 rings (SSSR count). The van der Waals surface area contributed by atoms with Gasteiger partial charge >= 0.3 is 0 Å². The van der Waals surface area contributed by atoms with Crippen molar-refractivity contribution in [2.75, 3.05) is 34.2 Å². The summed E-state index contributed by atoms with van der Waals surface area (Å²) in [5.41, 5.74) is 0. The maximum atomic E-state index is 10.9. The van der Waals surface area contributed by atoms with Crippen LogP contribution in [0.4, 0.5) is 0 Å². The number of hydrogen-bond acceptors (Lipinski definition) is 1. The topological polar surface area (TPSA) is 29.1 Å². The van der Waals surface area contributed by atoms with E-state index >= 15 is 0 Å². The number of likely N-dealkylation sites (N-methyl/N-ethyl adjacent to an activating group) is 1. The van der Waals surface area contributed by atoms with Crippen LogP contribution in [-0.2, 0) is 4.79 Å². The highest BCUT2D eigenvalue weighted by Gasteiger charge is 2.05. The predicted octanol–water partition coefficient (Wildman–Crippen LogP) is -2.61. The number of carbonyl (C=O) groups is 1. The Labute approximate surface area is 86.8 Å². The summed E-state index contributed by atoms with van der Waals surface area (Å²) < 4.78 is 0.871. The molecule has 0 aliphatic rings. The molecule has 0 heterocycles. The van der Waals surface area contributed by atoms with Crippen molar-refractivity contribution < 1.29 is 21.7 Å². The summed E-state index contributed by atoms with van der Waals surface area (Å²) in [5, 5.41) is 2.80. The van der Waals surface area contributed by atoms with Crippen LogP contribution >= 0.6 is 0 Å². The van der Waals surface area contributed by atoms with Crippen LogP contribution in [0.25, 0.3) is 0 Å². The lowest BCUT2D eigenvalue weighted by atomic mass is 10.4.